The average molecular weight is 198 g/mol. The van der Waals surface area contributed by atoms with Gasteiger partial charge in [0.05, 0.1) is 6.04 Å². The van der Waals surface area contributed by atoms with E-state index in [-0.39, 0.29) is 11.9 Å². The molecule has 1 aliphatic heterocycles. The molecule has 1 rings (SSSR count). The SMILES string of the molecule is CCC1CCC(C)N1C(=O)[C@H](N)CC. The molecular formula is C11H22N2O. The normalized spacial score (nSPS) is 29.3. The Morgan fingerprint density at radius 1 is 1.50 bits per heavy atom. The number of likely N-dealkylation sites (tertiary alicyclic amines) is 1. The summed E-state index contributed by atoms with van der Waals surface area (Å²) < 4.78 is 0. The smallest absolute Gasteiger partial charge is 0.239 e. The molecule has 0 aromatic carbocycles. The summed E-state index contributed by atoms with van der Waals surface area (Å²) in [6, 6.07) is 0.504. The maximum atomic E-state index is 12.0. The molecule has 3 atom stereocenters. The highest BCUT2D eigenvalue weighted by molar-refractivity contribution is 5.82. The summed E-state index contributed by atoms with van der Waals surface area (Å²) in [5.41, 5.74) is 5.78. The third-order valence-electron chi connectivity index (χ3n) is 3.27. The van der Waals surface area contributed by atoms with Crippen LogP contribution >= 0.6 is 0 Å². The zero-order valence-corrected chi connectivity index (χ0v) is 9.49. The molecule has 0 aliphatic carbocycles. The van der Waals surface area contributed by atoms with Gasteiger partial charge in [-0.25, -0.2) is 0 Å². The van der Waals surface area contributed by atoms with E-state index in [2.05, 4.69) is 13.8 Å². The topological polar surface area (TPSA) is 46.3 Å². The van der Waals surface area contributed by atoms with Crippen LogP contribution in [0.4, 0.5) is 0 Å². The minimum absolute atomic E-state index is 0.143. The molecule has 1 heterocycles. The van der Waals surface area contributed by atoms with Crippen LogP contribution in [-0.2, 0) is 4.79 Å². The largest absolute Gasteiger partial charge is 0.336 e. The lowest BCUT2D eigenvalue weighted by Gasteiger charge is -2.30. The number of hydrogen-bond acceptors (Lipinski definition) is 2. The fourth-order valence-corrected chi connectivity index (χ4v) is 2.24. The van der Waals surface area contributed by atoms with Crippen molar-refractivity contribution in [1.29, 1.82) is 0 Å². The summed E-state index contributed by atoms with van der Waals surface area (Å²) in [5.74, 6) is 0.143. The molecule has 1 amide bonds. The quantitative estimate of drug-likeness (QED) is 0.747. The Morgan fingerprint density at radius 3 is 2.64 bits per heavy atom. The second-order valence-corrected chi connectivity index (χ2v) is 4.25. The monoisotopic (exact) mass is 198 g/mol. The molecule has 0 spiro atoms. The lowest BCUT2D eigenvalue weighted by atomic mass is 10.1. The van der Waals surface area contributed by atoms with E-state index in [4.69, 9.17) is 5.73 Å². The van der Waals surface area contributed by atoms with Crippen LogP contribution < -0.4 is 5.73 Å². The Morgan fingerprint density at radius 2 is 2.14 bits per heavy atom. The number of nitrogens with two attached hydrogens (primary N) is 1. The van der Waals surface area contributed by atoms with Crippen molar-refractivity contribution in [3.05, 3.63) is 0 Å². The van der Waals surface area contributed by atoms with E-state index in [1.165, 1.54) is 0 Å². The number of nitrogens with zero attached hydrogens (tertiary/aromatic N) is 1. The van der Waals surface area contributed by atoms with Crippen molar-refractivity contribution < 1.29 is 4.79 Å². The second kappa shape index (κ2) is 4.78. The van der Waals surface area contributed by atoms with Crippen LogP contribution in [0.5, 0.6) is 0 Å². The number of carbonyl (C=O) groups excluding carboxylic acids is 1. The standard InChI is InChI=1S/C11H22N2O/c1-4-9-7-6-8(3)13(9)11(14)10(12)5-2/h8-10H,4-7,12H2,1-3H3/t8?,9?,10-/m1/s1. The minimum atomic E-state index is -0.301. The number of rotatable bonds is 3. The Bertz CT molecular complexity index is 205. The highest BCUT2D eigenvalue weighted by Crippen LogP contribution is 2.26. The van der Waals surface area contributed by atoms with Gasteiger partial charge in [-0.2, -0.15) is 0 Å². The van der Waals surface area contributed by atoms with Crippen LogP contribution in [-0.4, -0.2) is 28.9 Å². The van der Waals surface area contributed by atoms with Crippen molar-refractivity contribution in [2.45, 2.75) is 64.6 Å². The molecule has 0 radical (unpaired) electrons. The number of hydrogen-bond donors (Lipinski definition) is 1. The van der Waals surface area contributed by atoms with Gasteiger partial charge in [-0.05, 0) is 32.6 Å². The Balaban J connectivity index is 2.68. The van der Waals surface area contributed by atoms with Crippen molar-refractivity contribution in [2.24, 2.45) is 5.73 Å². The lowest BCUT2D eigenvalue weighted by molar-refractivity contribution is -0.135. The van der Waals surface area contributed by atoms with Crippen LogP contribution in [0.25, 0.3) is 0 Å². The molecule has 0 bridgehead atoms. The average Bonchev–Trinajstić information content (AvgIpc) is 2.57. The van der Waals surface area contributed by atoms with E-state index in [0.29, 0.717) is 12.1 Å². The molecule has 1 fully saturated rings. The van der Waals surface area contributed by atoms with Crippen molar-refractivity contribution in [1.82, 2.24) is 4.90 Å². The third-order valence-corrected chi connectivity index (χ3v) is 3.27. The summed E-state index contributed by atoms with van der Waals surface area (Å²) in [6.07, 6.45) is 4.05. The van der Waals surface area contributed by atoms with Gasteiger partial charge < -0.3 is 10.6 Å². The fourth-order valence-electron chi connectivity index (χ4n) is 2.24. The third kappa shape index (κ3) is 2.08. The molecule has 1 aliphatic rings. The molecule has 0 aromatic rings. The molecule has 3 nitrogen and oxygen atoms in total. The van der Waals surface area contributed by atoms with Crippen LogP contribution in [0, 0.1) is 0 Å². The summed E-state index contributed by atoms with van der Waals surface area (Å²) >= 11 is 0. The first-order valence-electron chi connectivity index (χ1n) is 5.69. The lowest BCUT2D eigenvalue weighted by Crippen LogP contribution is -2.48. The highest BCUT2D eigenvalue weighted by Gasteiger charge is 2.34. The van der Waals surface area contributed by atoms with Crippen LogP contribution in [0.3, 0.4) is 0 Å². The molecule has 1 saturated heterocycles. The zero-order valence-electron chi connectivity index (χ0n) is 9.49. The van der Waals surface area contributed by atoms with Crippen molar-refractivity contribution in [2.75, 3.05) is 0 Å². The van der Waals surface area contributed by atoms with Crippen LogP contribution in [0.1, 0.15) is 46.5 Å². The second-order valence-electron chi connectivity index (χ2n) is 4.25. The molecule has 3 heteroatoms. The van der Waals surface area contributed by atoms with E-state index >= 15 is 0 Å². The molecular weight excluding hydrogens is 176 g/mol. The van der Waals surface area contributed by atoms with Crippen molar-refractivity contribution in [3.8, 4) is 0 Å². The van der Waals surface area contributed by atoms with Gasteiger partial charge in [0.1, 0.15) is 0 Å². The Hall–Kier alpha value is -0.570. The highest BCUT2D eigenvalue weighted by atomic mass is 16.2. The van der Waals surface area contributed by atoms with Gasteiger partial charge in [-0.3, -0.25) is 4.79 Å². The minimum Gasteiger partial charge on any atom is -0.336 e. The number of amides is 1. The Kier molecular flexibility index (Phi) is 3.93. The first-order chi connectivity index (χ1) is 6.61. The number of carbonyl (C=O) groups is 1. The summed E-state index contributed by atoms with van der Waals surface area (Å²) in [5, 5.41) is 0. The molecule has 14 heavy (non-hydrogen) atoms. The van der Waals surface area contributed by atoms with Gasteiger partial charge in [-0.1, -0.05) is 13.8 Å². The molecule has 2 N–H and O–H groups in total. The van der Waals surface area contributed by atoms with Gasteiger partial charge in [0, 0.05) is 12.1 Å². The first kappa shape index (κ1) is 11.5. The molecule has 0 aromatic heterocycles. The summed E-state index contributed by atoms with van der Waals surface area (Å²) in [7, 11) is 0. The van der Waals surface area contributed by atoms with Crippen molar-refractivity contribution >= 4 is 5.91 Å². The predicted octanol–water partition coefficient (Wildman–Crippen LogP) is 1.51. The van der Waals surface area contributed by atoms with Gasteiger partial charge in [-0.15, -0.1) is 0 Å². The van der Waals surface area contributed by atoms with E-state index in [1.54, 1.807) is 0 Å². The molecule has 82 valence electrons. The van der Waals surface area contributed by atoms with Crippen molar-refractivity contribution in [3.63, 3.8) is 0 Å². The van der Waals surface area contributed by atoms with Gasteiger partial charge in [0.15, 0.2) is 0 Å². The fraction of sp³-hybridized carbons (Fsp3) is 0.909. The summed E-state index contributed by atoms with van der Waals surface area (Å²) in [6.45, 7) is 6.22. The molecule has 2 unspecified atom stereocenters. The summed E-state index contributed by atoms with van der Waals surface area (Å²) in [4.78, 5) is 14.0. The van der Waals surface area contributed by atoms with Crippen LogP contribution in [0.15, 0.2) is 0 Å². The van der Waals surface area contributed by atoms with Gasteiger partial charge in [0.25, 0.3) is 0 Å². The maximum Gasteiger partial charge on any atom is 0.239 e. The predicted molar refractivity (Wildman–Crippen MR) is 57.9 cm³/mol. The van der Waals surface area contributed by atoms with E-state index in [0.717, 1.165) is 25.7 Å². The zero-order chi connectivity index (χ0) is 10.7. The van der Waals surface area contributed by atoms with E-state index in [9.17, 15) is 4.79 Å². The Labute approximate surface area is 86.6 Å². The molecule has 0 saturated carbocycles. The maximum absolute atomic E-state index is 12.0. The first-order valence-corrected chi connectivity index (χ1v) is 5.69. The van der Waals surface area contributed by atoms with E-state index in [1.807, 2.05) is 11.8 Å². The van der Waals surface area contributed by atoms with Gasteiger partial charge >= 0.3 is 0 Å². The van der Waals surface area contributed by atoms with Crippen LogP contribution in [0.2, 0.25) is 0 Å². The van der Waals surface area contributed by atoms with Gasteiger partial charge in [0.2, 0.25) is 5.91 Å². The van der Waals surface area contributed by atoms with E-state index < -0.39 is 0 Å².